The Morgan fingerprint density at radius 1 is 0.746 bits per heavy atom. The fraction of sp³-hybridized carbons (Fsp3) is 0.309. The quantitative estimate of drug-likeness (QED) is 0.0958. The largest absolute Gasteiger partial charge is 0.557 e. The number of hydrogen-bond donors (Lipinski definition) is 0. The van der Waals surface area contributed by atoms with Crippen LogP contribution in [-0.4, -0.2) is 22.6 Å². The van der Waals surface area contributed by atoms with Crippen molar-refractivity contribution in [3.8, 4) is 39.5 Å². The SMILES string of the molecule is CC(C)Cc1cc(-c2[c-]cccc2)ncc1[Si](C)(C)C.CC(C)c1cc(-c2ccccc2)cc(C(C)C)c1-n1c(-c2[c-]oc3ccc(C(F)(F)C(C)C)cc23)nc2ccccc21.[Ir]. The number of halogens is 2. The van der Waals surface area contributed by atoms with E-state index in [1.807, 2.05) is 42.5 Å². The number of hydrogen-bond acceptors (Lipinski definition) is 3. The molecule has 329 valence electrons. The van der Waals surface area contributed by atoms with Crippen molar-refractivity contribution < 1.29 is 33.3 Å². The van der Waals surface area contributed by atoms with Crippen LogP contribution in [0.5, 0.6) is 0 Å². The Morgan fingerprint density at radius 2 is 1.40 bits per heavy atom. The van der Waals surface area contributed by atoms with E-state index >= 15 is 8.78 Å². The Bertz CT molecular complexity index is 2770. The summed E-state index contributed by atoms with van der Waals surface area (Å²) in [6.07, 6.45) is 6.28. The van der Waals surface area contributed by atoms with Gasteiger partial charge in [0, 0.05) is 55.3 Å². The number of furan rings is 1. The number of para-hydroxylation sites is 2. The molecule has 0 unspecified atom stereocenters. The van der Waals surface area contributed by atoms with E-state index in [-0.39, 0.29) is 37.5 Å². The second kappa shape index (κ2) is 19.4. The zero-order valence-corrected chi connectivity index (χ0v) is 41.8. The van der Waals surface area contributed by atoms with Gasteiger partial charge in [-0.15, -0.1) is 35.9 Å². The molecule has 0 saturated carbocycles. The monoisotopic (exact) mass is 1040 g/mol. The smallest absolute Gasteiger partial charge is 0.274 e. The number of rotatable bonds is 11. The number of nitrogens with zero attached hydrogens (tertiary/aromatic N) is 3. The summed E-state index contributed by atoms with van der Waals surface area (Å²) >= 11 is 0. The molecule has 3 heterocycles. The molecular formula is C55H59F2IrN3OSi-2. The first kappa shape index (κ1) is 47.5. The molecule has 0 aliphatic rings. The molecule has 0 spiro atoms. The van der Waals surface area contributed by atoms with E-state index < -0.39 is 19.9 Å². The minimum absolute atomic E-state index is 0. The van der Waals surface area contributed by atoms with Gasteiger partial charge in [-0.25, -0.2) is 8.78 Å². The maximum absolute atomic E-state index is 15.2. The number of fused-ring (bicyclic) bond motifs is 2. The number of imidazole rings is 1. The third kappa shape index (κ3) is 10.0. The molecule has 5 aromatic carbocycles. The van der Waals surface area contributed by atoms with Crippen LogP contribution < -0.4 is 5.19 Å². The average molecular weight is 1040 g/mol. The first-order valence-electron chi connectivity index (χ1n) is 22.0. The summed E-state index contributed by atoms with van der Waals surface area (Å²) in [5.41, 5.74) is 12.1. The molecule has 0 fully saturated rings. The molecule has 8 heteroatoms. The van der Waals surface area contributed by atoms with Crippen LogP contribution >= 0.6 is 0 Å². The van der Waals surface area contributed by atoms with E-state index in [2.05, 4.69) is 144 Å². The van der Waals surface area contributed by atoms with Crippen molar-refractivity contribution >= 4 is 35.3 Å². The average Bonchev–Trinajstić information content (AvgIpc) is 3.84. The Hall–Kier alpha value is -5.01. The van der Waals surface area contributed by atoms with Gasteiger partial charge in [-0.2, -0.15) is 0 Å². The normalized spacial score (nSPS) is 12.1. The molecule has 0 N–H and O–H groups in total. The number of pyridine rings is 1. The molecular weight excluding hydrogens is 977 g/mol. The van der Waals surface area contributed by atoms with Crippen molar-refractivity contribution in [3.05, 3.63) is 156 Å². The minimum atomic E-state index is -2.98. The first-order valence-corrected chi connectivity index (χ1v) is 25.5. The second-order valence-electron chi connectivity index (χ2n) is 18.9. The van der Waals surface area contributed by atoms with Gasteiger partial charge < -0.3 is 14.0 Å². The maximum Gasteiger partial charge on any atom is 0.274 e. The van der Waals surface area contributed by atoms with Crippen molar-refractivity contribution in [1.29, 1.82) is 0 Å². The summed E-state index contributed by atoms with van der Waals surface area (Å²) in [4.78, 5) is 9.76. The Balaban J connectivity index is 0.000000265. The third-order valence-electron chi connectivity index (χ3n) is 11.6. The van der Waals surface area contributed by atoms with Crippen molar-refractivity contribution in [2.45, 2.75) is 99.2 Å². The van der Waals surface area contributed by atoms with Crippen LogP contribution in [-0.2, 0) is 32.4 Å². The van der Waals surface area contributed by atoms with Crippen molar-refractivity contribution in [2.24, 2.45) is 11.8 Å². The van der Waals surface area contributed by atoms with Gasteiger partial charge in [0.2, 0.25) is 0 Å². The van der Waals surface area contributed by atoms with Crippen LogP contribution in [0.4, 0.5) is 8.78 Å². The standard InChI is InChI=1S/C37H35F2N2O.C18H24NSi.Ir/c1-22(2)28-18-26(25-12-8-7-9-13-25)19-29(23(3)4)35(28)41-33-15-11-10-14-32(33)40-36(41)31-21-42-34-17-16-27(20-30(31)34)37(38,39)24(5)6;1-14(2)11-16-12-17(15-9-7-6-8-10-15)19-13-18(16)20(3,4)5;/h7-20,22-24H,1-6H3;6-9,12-14H,11H2,1-5H3;/q2*-1;. The summed E-state index contributed by atoms with van der Waals surface area (Å²) in [6.45, 7) is 23.6. The fourth-order valence-electron chi connectivity index (χ4n) is 8.20. The van der Waals surface area contributed by atoms with Crippen molar-refractivity contribution in [3.63, 3.8) is 0 Å². The minimum Gasteiger partial charge on any atom is -0.557 e. The first-order chi connectivity index (χ1) is 29.4. The molecule has 4 nitrogen and oxygen atoms in total. The summed E-state index contributed by atoms with van der Waals surface area (Å²) in [7, 11) is -1.34. The van der Waals surface area contributed by atoms with Gasteiger partial charge in [-0.05, 0) is 81.6 Å². The second-order valence-corrected chi connectivity index (χ2v) is 23.9. The molecule has 0 aliphatic carbocycles. The van der Waals surface area contributed by atoms with Crippen LogP contribution in [0.15, 0.2) is 126 Å². The summed E-state index contributed by atoms with van der Waals surface area (Å²) in [6, 6.07) is 41.2. The predicted octanol–water partition coefficient (Wildman–Crippen LogP) is 15.2. The van der Waals surface area contributed by atoms with Gasteiger partial charge >= 0.3 is 0 Å². The van der Waals surface area contributed by atoms with Gasteiger partial charge in [-0.3, -0.25) is 4.98 Å². The summed E-state index contributed by atoms with van der Waals surface area (Å²) < 4.78 is 38.3. The van der Waals surface area contributed by atoms with Crippen LogP contribution in [0, 0.1) is 24.2 Å². The van der Waals surface area contributed by atoms with E-state index in [1.54, 1.807) is 12.1 Å². The number of aromatic nitrogens is 3. The van der Waals surface area contributed by atoms with Gasteiger partial charge in [-0.1, -0.05) is 158 Å². The Morgan fingerprint density at radius 3 is 2.00 bits per heavy atom. The molecule has 0 aliphatic heterocycles. The van der Waals surface area contributed by atoms with E-state index in [0.717, 1.165) is 40.0 Å². The molecule has 8 rings (SSSR count). The van der Waals surface area contributed by atoms with Crippen LogP contribution in [0.3, 0.4) is 0 Å². The van der Waals surface area contributed by atoms with Gasteiger partial charge in [0.1, 0.15) is 0 Å². The van der Waals surface area contributed by atoms with Gasteiger partial charge in [0.05, 0.1) is 24.9 Å². The van der Waals surface area contributed by atoms with E-state index in [0.29, 0.717) is 28.3 Å². The van der Waals surface area contributed by atoms with Crippen LogP contribution in [0.2, 0.25) is 19.6 Å². The fourth-order valence-corrected chi connectivity index (χ4v) is 9.79. The Labute approximate surface area is 387 Å². The zero-order chi connectivity index (χ0) is 44.5. The van der Waals surface area contributed by atoms with E-state index in [9.17, 15) is 0 Å². The number of benzene rings is 5. The van der Waals surface area contributed by atoms with Crippen molar-refractivity contribution in [2.75, 3.05) is 0 Å². The summed E-state index contributed by atoms with van der Waals surface area (Å²) in [5.74, 6) is -2.13. The van der Waals surface area contributed by atoms with Crippen LogP contribution in [0.1, 0.15) is 89.5 Å². The molecule has 0 atom stereocenters. The number of alkyl halides is 2. The Kier molecular flexibility index (Phi) is 14.6. The molecule has 3 aromatic heterocycles. The van der Waals surface area contributed by atoms with Crippen LogP contribution in [0.25, 0.3) is 61.5 Å². The van der Waals surface area contributed by atoms with Crippen molar-refractivity contribution in [1.82, 2.24) is 14.5 Å². The third-order valence-corrected chi connectivity index (χ3v) is 13.6. The topological polar surface area (TPSA) is 43.9 Å². The summed E-state index contributed by atoms with van der Waals surface area (Å²) in [5, 5.41) is 2.06. The van der Waals surface area contributed by atoms with E-state index in [4.69, 9.17) is 9.40 Å². The van der Waals surface area contributed by atoms with Gasteiger partial charge in [0.25, 0.3) is 5.92 Å². The molecule has 0 saturated heterocycles. The predicted molar refractivity (Wildman–Crippen MR) is 257 cm³/mol. The maximum atomic E-state index is 15.2. The molecule has 0 amide bonds. The zero-order valence-electron chi connectivity index (χ0n) is 38.4. The molecule has 0 bridgehead atoms. The van der Waals surface area contributed by atoms with Gasteiger partial charge in [0.15, 0.2) is 0 Å². The molecule has 8 aromatic rings. The molecule has 1 radical (unpaired) electrons. The molecule has 63 heavy (non-hydrogen) atoms. The van der Waals surface area contributed by atoms with E-state index in [1.165, 1.54) is 47.4 Å².